The maximum Gasteiger partial charge on any atom is 0.0838 e. The fourth-order valence-corrected chi connectivity index (χ4v) is 1.58. The van der Waals surface area contributed by atoms with E-state index in [1.807, 2.05) is 6.92 Å². The van der Waals surface area contributed by atoms with Gasteiger partial charge in [-0.15, -0.1) is 0 Å². The molecule has 78 valence electrons. The van der Waals surface area contributed by atoms with Crippen molar-refractivity contribution >= 4 is 0 Å². The summed E-state index contributed by atoms with van der Waals surface area (Å²) in [6.45, 7) is 13.3. The van der Waals surface area contributed by atoms with Crippen molar-refractivity contribution in [2.45, 2.75) is 45.8 Å². The van der Waals surface area contributed by atoms with Crippen LogP contribution in [0.3, 0.4) is 0 Å². The summed E-state index contributed by atoms with van der Waals surface area (Å²) in [5.41, 5.74) is 0.995. The lowest BCUT2D eigenvalue weighted by atomic mass is 9.88. The summed E-state index contributed by atoms with van der Waals surface area (Å²) < 4.78 is 5.54. The third-order valence-corrected chi connectivity index (χ3v) is 2.68. The Hall–Kier alpha value is -0.340. The molecule has 0 heterocycles. The normalized spacial score (nSPS) is 17.9. The first kappa shape index (κ1) is 12.7. The minimum atomic E-state index is -0.137. The van der Waals surface area contributed by atoms with Crippen molar-refractivity contribution < 1.29 is 4.74 Å². The van der Waals surface area contributed by atoms with E-state index < -0.39 is 0 Å². The van der Waals surface area contributed by atoms with Crippen LogP contribution < -0.4 is 5.32 Å². The zero-order valence-corrected chi connectivity index (χ0v) is 9.61. The van der Waals surface area contributed by atoms with Crippen LogP contribution in [0.4, 0.5) is 0 Å². The molecule has 2 heteroatoms. The highest BCUT2D eigenvalue weighted by molar-refractivity contribution is 5.10. The average molecular weight is 185 g/mol. The van der Waals surface area contributed by atoms with Crippen molar-refractivity contribution in [1.82, 2.24) is 5.32 Å². The van der Waals surface area contributed by atoms with Gasteiger partial charge in [0, 0.05) is 7.11 Å². The molecule has 0 saturated heterocycles. The third kappa shape index (κ3) is 3.12. The molecule has 0 aliphatic rings. The third-order valence-electron chi connectivity index (χ3n) is 2.68. The molecule has 2 nitrogen and oxygen atoms in total. The Morgan fingerprint density at radius 2 is 2.08 bits per heavy atom. The Bertz CT molecular complexity index is 161. The van der Waals surface area contributed by atoms with E-state index in [0.29, 0.717) is 0 Å². The lowest BCUT2D eigenvalue weighted by molar-refractivity contribution is -0.0185. The number of likely N-dealkylation sites (N-methyl/N-ethyl adjacent to an activating group) is 1. The lowest BCUT2D eigenvalue weighted by Crippen LogP contribution is -2.50. The maximum absolute atomic E-state index is 5.54. The molecule has 0 amide bonds. The number of rotatable bonds is 6. The van der Waals surface area contributed by atoms with E-state index in [4.69, 9.17) is 4.74 Å². The Morgan fingerprint density at radius 1 is 1.54 bits per heavy atom. The van der Waals surface area contributed by atoms with Crippen molar-refractivity contribution in [2.24, 2.45) is 0 Å². The van der Waals surface area contributed by atoms with E-state index in [1.54, 1.807) is 7.11 Å². The summed E-state index contributed by atoms with van der Waals surface area (Å²) in [7, 11) is 1.76. The topological polar surface area (TPSA) is 21.3 Å². The molecule has 2 atom stereocenters. The highest BCUT2D eigenvalue weighted by atomic mass is 16.5. The molecular weight excluding hydrogens is 162 g/mol. The summed E-state index contributed by atoms with van der Waals surface area (Å²) in [5, 5.41) is 3.40. The van der Waals surface area contributed by atoms with Gasteiger partial charge >= 0.3 is 0 Å². The van der Waals surface area contributed by atoms with Gasteiger partial charge in [0.15, 0.2) is 0 Å². The molecule has 0 radical (unpaired) electrons. The molecule has 0 saturated carbocycles. The van der Waals surface area contributed by atoms with E-state index in [1.165, 1.54) is 0 Å². The van der Waals surface area contributed by atoms with Crippen LogP contribution in [0, 0.1) is 0 Å². The Kier molecular flexibility index (Phi) is 5.26. The predicted octanol–water partition coefficient (Wildman–Crippen LogP) is 2.36. The monoisotopic (exact) mass is 185 g/mol. The highest BCUT2D eigenvalue weighted by Crippen LogP contribution is 2.23. The molecule has 0 rings (SSSR count). The van der Waals surface area contributed by atoms with Gasteiger partial charge in [0.05, 0.1) is 11.6 Å². The first-order valence-electron chi connectivity index (χ1n) is 4.95. The van der Waals surface area contributed by atoms with Gasteiger partial charge in [0.25, 0.3) is 0 Å². The van der Waals surface area contributed by atoms with Gasteiger partial charge < -0.3 is 10.1 Å². The molecule has 0 aromatic carbocycles. The van der Waals surface area contributed by atoms with Crippen LogP contribution >= 0.6 is 0 Å². The molecule has 0 spiro atoms. The van der Waals surface area contributed by atoms with Gasteiger partial charge in [-0.25, -0.2) is 0 Å². The number of nitrogens with one attached hydrogen (secondary N) is 1. The molecule has 0 aliphatic heterocycles. The second kappa shape index (κ2) is 5.40. The first-order valence-corrected chi connectivity index (χ1v) is 4.95. The SMILES string of the molecule is C=C(C)C(NCC)C(C)(CC)OC. The number of hydrogen-bond donors (Lipinski definition) is 1. The van der Waals surface area contributed by atoms with Gasteiger partial charge in [-0.2, -0.15) is 0 Å². The Labute approximate surface area is 82.4 Å². The van der Waals surface area contributed by atoms with Crippen LogP contribution in [-0.4, -0.2) is 25.3 Å². The van der Waals surface area contributed by atoms with Gasteiger partial charge in [0.1, 0.15) is 0 Å². The molecule has 0 aromatic rings. The minimum Gasteiger partial charge on any atom is -0.377 e. The van der Waals surface area contributed by atoms with Crippen molar-refractivity contribution in [3.63, 3.8) is 0 Å². The zero-order valence-electron chi connectivity index (χ0n) is 9.61. The van der Waals surface area contributed by atoms with E-state index in [0.717, 1.165) is 18.5 Å². The molecule has 0 aromatic heterocycles. The van der Waals surface area contributed by atoms with E-state index in [-0.39, 0.29) is 11.6 Å². The molecular formula is C11H23NO. The van der Waals surface area contributed by atoms with Crippen molar-refractivity contribution in [2.75, 3.05) is 13.7 Å². The van der Waals surface area contributed by atoms with Crippen LogP contribution in [-0.2, 0) is 4.74 Å². The largest absolute Gasteiger partial charge is 0.377 e. The minimum absolute atomic E-state index is 0.137. The van der Waals surface area contributed by atoms with E-state index in [2.05, 4.69) is 32.7 Å². The predicted molar refractivity (Wildman–Crippen MR) is 58.0 cm³/mol. The number of ether oxygens (including phenoxy) is 1. The zero-order chi connectivity index (χ0) is 10.5. The standard InChI is InChI=1S/C11H23NO/c1-7-11(5,13-6)10(9(3)4)12-8-2/h10,12H,3,7-8H2,1-2,4-6H3. The van der Waals surface area contributed by atoms with Gasteiger partial charge in [-0.1, -0.05) is 26.0 Å². The van der Waals surface area contributed by atoms with Crippen LogP contribution in [0.15, 0.2) is 12.2 Å². The summed E-state index contributed by atoms with van der Waals surface area (Å²) in [6.07, 6.45) is 0.980. The number of methoxy groups -OCH3 is 1. The summed E-state index contributed by atoms with van der Waals surface area (Å²) in [4.78, 5) is 0. The number of hydrogen-bond acceptors (Lipinski definition) is 2. The van der Waals surface area contributed by atoms with Gasteiger partial charge in [-0.3, -0.25) is 0 Å². The van der Waals surface area contributed by atoms with Crippen LogP contribution in [0.5, 0.6) is 0 Å². The first-order chi connectivity index (χ1) is 6.01. The molecule has 0 aliphatic carbocycles. The Balaban J connectivity index is 4.58. The average Bonchev–Trinajstić information content (AvgIpc) is 2.12. The fourth-order valence-electron chi connectivity index (χ4n) is 1.58. The molecule has 2 unspecified atom stereocenters. The van der Waals surface area contributed by atoms with Crippen LogP contribution in [0.2, 0.25) is 0 Å². The van der Waals surface area contributed by atoms with Crippen molar-refractivity contribution in [3.05, 3.63) is 12.2 Å². The second-order valence-electron chi connectivity index (χ2n) is 3.71. The van der Waals surface area contributed by atoms with Crippen molar-refractivity contribution in [1.29, 1.82) is 0 Å². The van der Waals surface area contributed by atoms with E-state index in [9.17, 15) is 0 Å². The van der Waals surface area contributed by atoms with Crippen molar-refractivity contribution in [3.8, 4) is 0 Å². The molecule has 13 heavy (non-hydrogen) atoms. The summed E-state index contributed by atoms with van der Waals surface area (Å²) >= 11 is 0. The van der Waals surface area contributed by atoms with Crippen LogP contribution in [0.25, 0.3) is 0 Å². The van der Waals surface area contributed by atoms with Crippen LogP contribution in [0.1, 0.15) is 34.1 Å². The summed E-state index contributed by atoms with van der Waals surface area (Å²) in [6, 6.07) is 0.243. The van der Waals surface area contributed by atoms with E-state index >= 15 is 0 Å². The summed E-state index contributed by atoms with van der Waals surface area (Å²) in [5.74, 6) is 0. The lowest BCUT2D eigenvalue weighted by Gasteiger charge is -2.36. The van der Waals surface area contributed by atoms with Gasteiger partial charge in [-0.05, 0) is 26.8 Å². The fraction of sp³-hybridized carbons (Fsp3) is 0.818. The highest BCUT2D eigenvalue weighted by Gasteiger charge is 2.32. The second-order valence-corrected chi connectivity index (χ2v) is 3.71. The molecule has 0 bridgehead atoms. The quantitative estimate of drug-likeness (QED) is 0.641. The molecule has 1 N–H and O–H groups in total. The smallest absolute Gasteiger partial charge is 0.0838 e. The molecule has 0 fully saturated rings. The van der Waals surface area contributed by atoms with Gasteiger partial charge in [0.2, 0.25) is 0 Å². The Morgan fingerprint density at radius 3 is 2.31 bits per heavy atom. The maximum atomic E-state index is 5.54.